The lowest BCUT2D eigenvalue weighted by Gasteiger charge is -2.22. The van der Waals surface area contributed by atoms with Gasteiger partial charge in [-0.25, -0.2) is 0 Å². The molecule has 0 radical (unpaired) electrons. The lowest BCUT2D eigenvalue weighted by atomic mass is 9.84. The van der Waals surface area contributed by atoms with Crippen LogP contribution in [0.3, 0.4) is 0 Å². The Hall–Kier alpha value is -0.220. The standard InChI is InChI=1S/C10H19NO2S/c1-3-10(9(12)13)4-5-11(8-10)6-7-14-2/h3-8H2,1-2H3,(H,12,13). The summed E-state index contributed by atoms with van der Waals surface area (Å²) in [4.78, 5) is 13.4. The van der Waals surface area contributed by atoms with Crippen LogP contribution in [-0.2, 0) is 4.79 Å². The van der Waals surface area contributed by atoms with Crippen LogP contribution in [0.4, 0.5) is 0 Å². The van der Waals surface area contributed by atoms with E-state index in [1.807, 2.05) is 18.7 Å². The van der Waals surface area contributed by atoms with E-state index in [1.165, 1.54) is 0 Å². The molecule has 82 valence electrons. The first-order valence-electron chi connectivity index (χ1n) is 5.09. The van der Waals surface area contributed by atoms with E-state index in [1.54, 1.807) is 0 Å². The Morgan fingerprint density at radius 1 is 1.64 bits per heavy atom. The van der Waals surface area contributed by atoms with Gasteiger partial charge < -0.3 is 10.0 Å². The van der Waals surface area contributed by atoms with E-state index in [4.69, 9.17) is 0 Å². The minimum absolute atomic E-state index is 0.460. The van der Waals surface area contributed by atoms with Crippen LogP contribution in [-0.4, -0.2) is 47.6 Å². The molecule has 1 fully saturated rings. The van der Waals surface area contributed by atoms with E-state index in [9.17, 15) is 9.90 Å². The number of carboxylic acids is 1. The molecular formula is C10H19NO2S. The SMILES string of the molecule is CCC1(C(=O)O)CCN(CCSC)C1. The minimum Gasteiger partial charge on any atom is -0.481 e. The van der Waals surface area contributed by atoms with E-state index in [2.05, 4.69) is 11.2 Å². The second-order valence-corrected chi connectivity index (χ2v) is 4.94. The molecule has 4 heteroatoms. The lowest BCUT2D eigenvalue weighted by Crippen LogP contribution is -2.34. The predicted octanol–water partition coefficient (Wildman–Crippen LogP) is 1.54. The first-order valence-corrected chi connectivity index (χ1v) is 6.48. The molecule has 1 rings (SSSR count). The number of likely N-dealkylation sites (tertiary alicyclic amines) is 1. The van der Waals surface area contributed by atoms with Crippen molar-refractivity contribution in [3.63, 3.8) is 0 Å². The molecule has 1 aliphatic rings. The van der Waals surface area contributed by atoms with Gasteiger partial charge in [0, 0.05) is 18.8 Å². The summed E-state index contributed by atoms with van der Waals surface area (Å²) in [7, 11) is 0. The highest BCUT2D eigenvalue weighted by atomic mass is 32.2. The summed E-state index contributed by atoms with van der Waals surface area (Å²) in [6.45, 7) is 4.68. The number of carbonyl (C=O) groups is 1. The predicted molar refractivity (Wildman–Crippen MR) is 59.8 cm³/mol. The third kappa shape index (κ3) is 2.42. The Morgan fingerprint density at radius 2 is 2.36 bits per heavy atom. The van der Waals surface area contributed by atoms with Gasteiger partial charge in [-0.15, -0.1) is 0 Å². The van der Waals surface area contributed by atoms with Gasteiger partial charge in [-0.1, -0.05) is 6.92 Å². The quantitative estimate of drug-likeness (QED) is 0.758. The Bertz CT molecular complexity index is 210. The van der Waals surface area contributed by atoms with Crippen LogP contribution in [0.5, 0.6) is 0 Å². The number of aliphatic carboxylic acids is 1. The monoisotopic (exact) mass is 217 g/mol. The fourth-order valence-corrected chi connectivity index (χ4v) is 2.42. The molecule has 14 heavy (non-hydrogen) atoms. The van der Waals surface area contributed by atoms with Crippen molar-refractivity contribution >= 4 is 17.7 Å². The van der Waals surface area contributed by atoms with E-state index in [0.29, 0.717) is 0 Å². The molecule has 1 aliphatic heterocycles. The summed E-state index contributed by atoms with van der Waals surface area (Å²) in [5.41, 5.74) is -0.460. The molecular weight excluding hydrogens is 198 g/mol. The summed E-state index contributed by atoms with van der Waals surface area (Å²) >= 11 is 1.82. The maximum absolute atomic E-state index is 11.1. The molecule has 0 saturated carbocycles. The second kappa shape index (κ2) is 5.03. The zero-order chi connectivity index (χ0) is 10.6. The van der Waals surface area contributed by atoms with Crippen molar-refractivity contribution in [2.75, 3.05) is 31.6 Å². The van der Waals surface area contributed by atoms with Crippen LogP contribution in [0.15, 0.2) is 0 Å². The number of hydrogen-bond acceptors (Lipinski definition) is 3. The van der Waals surface area contributed by atoms with Gasteiger partial charge >= 0.3 is 5.97 Å². The van der Waals surface area contributed by atoms with Crippen LogP contribution in [0.2, 0.25) is 0 Å². The molecule has 0 aliphatic carbocycles. The van der Waals surface area contributed by atoms with E-state index in [0.717, 1.165) is 38.2 Å². The van der Waals surface area contributed by atoms with Crippen molar-refractivity contribution in [1.29, 1.82) is 0 Å². The smallest absolute Gasteiger partial charge is 0.310 e. The van der Waals surface area contributed by atoms with E-state index >= 15 is 0 Å². The first kappa shape index (κ1) is 11.9. The van der Waals surface area contributed by atoms with Crippen molar-refractivity contribution in [2.24, 2.45) is 5.41 Å². The summed E-state index contributed by atoms with van der Waals surface area (Å²) in [6, 6.07) is 0. The van der Waals surface area contributed by atoms with Crippen LogP contribution < -0.4 is 0 Å². The summed E-state index contributed by atoms with van der Waals surface area (Å²) in [6.07, 6.45) is 3.64. The molecule has 1 saturated heterocycles. The third-order valence-electron chi connectivity index (χ3n) is 3.17. The summed E-state index contributed by atoms with van der Waals surface area (Å²) in [5.74, 6) is 0.478. The summed E-state index contributed by atoms with van der Waals surface area (Å²) < 4.78 is 0. The van der Waals surface area contributed by atoms with Gasteiger partial charge in [0.15, 0.2) is 0 Å². The first-order chi connectivity index (χ1) is 6.64. The largest absolute Gasteiger partial charge is 0.481 e. The van der Waals surface area contributed by atoms with Gasteiger partial charge in [0.05, 0.1) is 5.41 Å². The van der Waals surface area contributed by atoms with Gasteiger partial charge in [0.25, 0.3) is 0 Å². The topological polar surface area (TPSA) is 40.5 Å². The second-order valence-electron chi connectivity index (χ2n) is 3.96. The molecule has 1 unspecified atom stereocenters. The van der Waals surface area contributed by atoms with Gasteiger partial charge in [0.1, 0.15) is 0 Å². The lowest BCUT2D eigenvalue weighted by molar-refractivity contribution is -0.148. The number of nitrogens with zero attached hydrogens (tertiary/aromatic N) is 1. The molecule has 0 spiro atoms. The maximum atomic E-state index is 11.1. The maximum Gasteiger partial charge on any atom is 0.310 e. The fourth-order valence-electron chi connectivity index (χ4n) is 1.98. The van der Waals surface area contributed by atoms with Crippen LogP contribution in [0, 0.1) is 5.41 Å². The van der Waals surface area contributed by atoms with E-state index in [-0.39, 0.29) is 0 Å². The van der Waals surface area contributed by atoms with Gasteiger partial charge in [0.2, 0.25) is 0 Å². The molecule has 0 amide bonds. The molecule has 3 nitrogen and oxygen atoms in total. The Kier molecular flexibility index (Phi) is 4.26. The highest BCUT2D eigenvalue weighted by molar-refractivity contribution is 7.98. The van der Waals surface area contributed by atoms with Crippen molar-refractivity contribution in [3.8, 4) is 0 Å². The third-order valence-corrected chi connectivity index (χ3v) is 3.77. The number of rotatable bonds is 5. The van der Waals surface area contributed by atoms with Crippen molar-refractivity contribution in [3.05, 3.63) is 0 Å². The molecule has 0 aromatic heterocycles. The molecule has 1 atom stereocenters. The molecule has 1 N–H and O–H groups in total. The minimum atomic E-state index is -0.619. The van der Waals surface area contributed by atoms with Crippen LogP contribution in [0.1, 0.15) is 19.8 Å². The van der Waals surface area contributed by atoms with Crippen molar-refractivity contribution in [1.82, 2.24) is 4.90 Å². The zero-order valence-electron chi connectivity index (χ0n) is 8.95. The van der Waals surface area contributed by atoms with E-state index < -0.39 is 11.4 Å². The molecule has 0 bridgehead atoms. The average Bonchev–Trinajstić information content (AvgIpc) is 2.59. The fraction of sp³-hybridized carbons (Fsp3) is 0.900. The normalized spacial score (nSPS) is 28.1. The van der Waals surface area contributed by atoms with Crippen LogP contribution in [0.25, 0.3) is 0 Å². The van der Waals surface area contributed by atoms with Gasteiger partial charge in [-0.2, -0.15) is 11.8 Å². The Labute approximate surface area is 89.9 Å². The molecule has 0 aromatic rings. The summed E-state index contributed by atoms with van der Waals surface area (Å²) in [5, 5.41) is 9.18. The Morgan fingerprint density at radius 3 is 2.79 bits per heavy atom. The van der Waals surface area contributed by atoms with Crippen molar-refractivity contribution in [2.45, 2.75) is 19.8 Å². The molecule has 1 heterocycles. The molecule has 0 aromatic carbocycles. The number of carboxylic acid groups (broad SMARTS) is 1. The number of thioether (sulfide) groups is 1. The van der Waals surface area contributed by atoms with Crippen molar-refractivity contribution < 1.29 is 9.90 Å². The van der Waals surface area contributed by atoms with Crippen LogP contribution >= 0.6 is 11.8 Å². The Balaban J connectivity index is 2.48. The number of hydrogen-bond donors (Lipinski definition) is 1. The highest BCUT2D eigenvalue weighted by Crippen LogP contribution is 2.33. The average molecular weight is 217 g/mol. The van der Waals surface area contributed by atoms with Gasteiger partial charge in [-0.3, -0.25) is 4.79 Å². The zero-order valence-corrected chi connectivity index (χ0v) is 9.77. The van der Waals surface area contributed by atoms with Gasteiger partial charge in [-0.05, 0) is 25.6 Å². The highest BCUT2D eigenvalue weighted by Gasteiger charge is 2.42.